The molecular weight excluding hydrogens is 837 g/mol. The zero-order valence-electron chi connectivity index (χ0n) is 38.2. The minimum absolute atomic E-state index is 0.0412. The number of sulfonamides is 1. The number of nitrogens with zero attached hydrogens (tertiary/aromatic N) is 3. The van der Waals surface area contributed by atoms with Gasteiger partial charge in [-0.1, -0.05) is 51.8 Å². The fourth-order valence-electron chi connectivity index (χ4n) is 10.5. The van der Waals surface area contributed by atoms with Crippen LogP contribution in [-0.2, 0) is 45.1 Å². The maximum absolute atomic E-state index is 15.1. The van der Waals surface area contributed by atoms with Gasteiger partial charge in [-0.05, 0) is 94.1 Å². The zero-order chi connectivity index (χ0) is 45.4. The topological polar surface area (TPSA) is 171 Å². The van der Waals surface area contributed by atoms with E-state index in [1.165, 1.54) is 4.90 Å². The number of allylic oxidation sites excluding steroid dienone is 1. The van der Waals surface area contributed by atoms with Crippen LogP contribution in [0.5, 0.6) is 11.6 Å². The SMILES string of the molecule is C=C[C@@H]1C[C@]1(CC(=O)[C@@H]1C[C@@H]2CN1C(=O)[C@H](C(C)(C)C)CC(=O)O[C@@H]1CCC[C@H]1CCCCCc1c(nc3ccccc3c1OCCN1CCOCC1)O2)C(=O)NS(=O)(=O)C1(C)CC1. The van der Waals surface area contributed by atoms with E-state index in [-0.39, 0.29) is 55.9 Å². The molecule has 0 spiro atoms. The third-order valence-corrected chi connectivity index (χ3v) is 17.3. The maximum atomic E-state index is 15.1. The first-order chi connectivity index (χ1) is 30.5. The van der Waals surface area contributed by atoms with E-state index in [2.05, 4.69) is 16.2 Å². The van der Waals surface area contributed by atoms with Crippen LogP contribution in [0.3, 0.4) is 0 Å². The van der Waals surface area contributed by atoms with Gasteiger partial charge in [0.1, 0.15) is 24.6 Å². The van der Waals surface area contributed by atoms with Crippen molar-refractivity contribution in [2.45, 2.75) is 141 Å². The minimum Gasteiger partial charge on any atom is -0.491 e. The number of rotatable bonds is 11. The van der Waals surface area contributed by atoms with E-state index >= 15 is 4.79 Å². The Hall–Kier alpha value is -4.08. The Labute approximate surface area is 378 Å². The minimum atomic E-state index is -3.97. The molecule has 8 rings (SSSR count). The Bertz CT molecular complexity index is 2210. The first kappa shape index (κ1) is 46.4. The number of aromatic nitrogens is 1. The normalized spacial score (nSPS) is 30.2. The molecule has 64 heavy (non-hydrogen) atoms. The number of fused-ring (bicyclic) bond motifs is 5. The molecule has 0 unspecified atom stereocenters. The van der Waals surface area contributed by atoms with E-state index in [4.69, 9.17) is 23.9 Å². The number of carbonyl (C=O) groups is 4. The van der Waals surface area contributed by atoms with Crippen LogP contribution in [0.15, 0.2) is 36.9 Å². The van der Waals surface area contributed by atoms with Crippen molar-refractivity contribution < 1.29 is 46.5 Å². The molecule has 3 aliphatic heterocycles. The molecule has 6 aliphatic rings. The average molecular weight is 905 g/mol. The van der Waals surface area contributed by atoms with Crippen LogP contribution < -0.4 is 14.2 Å². The molecule has 15 heteroatoms. The summed E-state index contributed by atoms with van der Waals surface area (Å²) < 4.78 is 53.2. The van der Waals surface area contributed by atoms with Gasteiger partial charge in [-0.2, -0.15) is 0 Å². The van der Waals surface area contributed by atoms with Gasteiger partial charge < -0.3 is 23.8 Å². The second-order valence-electron chi connectivity index (χ2n) is 20.7. The van der Waals surface area contributed by atoms with Crippen molar-refractivity contribution in [2.24, 2.45) is 28.6 Å². The fourth-order valence-corrected chi connectivity index (χ4v) is 11.8. The number of ether oxygens (including phenoxy) is 4. The molecule has 2 amide bonds. The van der Waals surface area contributed by atoms with Crippen molar-refractivity contribution in [3.63, 3.8) is 0 Å². The number of amides is 2. The fraction of sp³-hybridized carbons (Fsp3) is 0.694. The molecule has 14 nitrogen and oxygen atoms in total. The summed E-state index contributed by atoms with van der Waals surface area (Å²) in [5.41, 5.74) is -0.447. The highest BCUT2D eigenvalue weighted by Crippen LogP contribution is 2.57. The smallest absolute Gasteiger partial charge is 0.306 e. The molecule has 1 aromatic heterocycles. The van der Waals surface area contributed by atoms with Gasteiger partial charge in [0.15, 0.2) is 5.78 Å². The molecule has 2 aromatic rings. The summed E-state index contributed by atoms with van der Waals surface area (Å²) in [4.78, 5) is 66.6. The van der Waals surface area contributed by atoms with Gasteiger partial charge in [-0.25, -0.2) is 13.4 Å². The number of pyridine rings is 1. The van der Waals surface area contributed by atoms with Crippen LogP contribution in [0.4, 0.5) is 0 Å². The Balaban J connectivity index is 1.14. The number of carbonyl (C=O) groups excluding carboxylic acids is 4. The number of esters is 1. The summed E-state index contributed by atoms with van der Waals surface area (Å²) in [6.07, 6.45) is 8.70. The largest absolute Gasteiger partial charge is 0.491 e. The van der Waals surface area contributed by atoms with E-state index in [0.717, 1.165) is 81.3 Å². The summed E-state index contributed by atoms with van der Waals surface area (Å²) in [5.74, 6) is -1.72. The van der Waals surface area contributed by atoms with Gasteiger partial charge in [-0.3, -0.25) is 28.8 Å². The highest BCUT2D eigenvalue weighted by Gasteiger charge is 2.62. The average Bonchev–Trinajstić information content (AvgIpc) is 4.07. The van der Waals surface area contributed by atoms with Gasteiger partial charge in [0.05, 0.1) is 59.4 Å². The molecule has 7 atom stereocenters. The summed E-state index contributed by atoms with van der Waals surface area (Å²) >= 11 is 0. The predicted molar refractivity (Wildman–Crippen MR) is 241 cm³/mol. The summed E-state index contributed by atoms with van der Waals surface area (Å²) in [6, 6.07) is 6.84. The highest BCUT2D eigenvalue weighted by atomic mass is 32.2. The van der Waals surface area contributed by atoms with Gasteiger partial charge in [0, 0.05) is 37.9 Å². The molecule has 0 radical (unpaired) electrons. The lowest BCUT2D eigenvalue weighted by Crippen LogP contribution is -2.49. The lowest BCUT2D eigenvalue weighted by molar-refractivity contribution is -0.158. The van der Waals surface area contributed by atoms with E-state index in [1.54, 1.807) is 13.0 Å². The van der Waals surface area contributed by atoms with E-state index in [9.17, 15) is 22.8 Å². The molecule has 2 saturated heterocycles. The summed E-state index contributed by atoms with van der Waals surface area (Å²) in [5, 5.41) is 0.886. The summed E-state index contributed by atoms with van der Waals surface area (Å²) in [6.45, 7) is 15.6. The highest BCUT2D eigenvalue weighted by molar-refractivity contribution is 7.91. The zero-order valence-corrected chi connectivity index (χ0v) is 39.1. The van der Waals surface area contributed by atoms with Crippen LogP contribution in [0, 0.1) is 28.6 Å². The van der Waals surface area contributed by atoms with Crippen molar-refractivity contribution in [2.75, 3.05) is 46.0 Å². The van der Waals surface area contributed by atoms with Crippen molar-refractivity contribution >= 4 is 44.5 Å². The third-order valence-electron chi connectivity index (χ3n) is 15.1. The van der Waals surface area contributed by atoms with Gasteiger partial charge >= 0.3 is 5.97 Å². The number of hydrogen-bond donors (Lipinski definition) is 1. The number of nitrogens with one attached hydrogen (secondary N) is 1. The summed E-state index contributed by atoms with van der Waals surface area (Å²) in [7, 11) is -3.97. The van der Waals surface area contributed by atoms with Crippen molar-refractivity contribution in [3.05, 3.63) is 42.5 Å². The Kier molecular flexibility index (Phi) is 13.5. The van der Waals surface area contributed by atoms with Crippen molar-refractivity contribution in [1.82, 2.24) is 19.5 Å². The second kappa shape index (κ2) is 18.7. The van der Waals surface area contributed by atoms with Gasteiger partial charge in [-0.15, -0.1) is 6.58 Å². The Morgan fingerprint density at radius 2 is 1.78 bits per heavy atom. The number of benzene rings is 1. The molecule has 5 fully saturated rings. The van der Waals surface area contributed by atoms with Crippen LogP contribution >= 0.6 is 0 Å². The number of para-hydroxylation sites is 1. The lowest BCUT2D eigenvalue weighted by Gasteiger charge is -2.35. The van der Waals surface area contributed by atoms with Crippen LogP contribution in [0.1, 0.15) is 117 Å². The van der Waals surface area contributed by atoms with Crippen LogP contribution in [0.25, 0.3) is 10.9 Å². The standard InChI is InChI=1S/C49H68N4O10S/c1-6-33-29-49(33,46(57)51-64(58,59)48(5)19-20-48)30-40(54)39-27-34-31-53(39)45(56)37(47(2,3)4)28-42(55)63-41-18-12-14-32(41)13-8-7-9-16-36-43(61-26-23-52-21-24-60-25-22-52)35-15-10-11-17-38(35)50-44(36)62-34/h6,10-11,15,17,32-34,37,39,41H,1,7-9,12-14,16,18-31H2,2-5H3,(H,51,57)/t32-,33-,34-,37-,39+,41-,49-/m1/s1. The van der Waals surface area contributed by atoms with E-state index in [1.807, 2.05) is 45.0 Å². The first-order valence-electron chi connectivity index (χ1n) is 23.7. The van der Waals surface area contributed by atoms with Gasteiger partial charge in [0.25, 0.3) is 0 Å². The second-order valence-corrected chi connectivity index (χ2v) is 22.9. The molecule has 1 N–H and O–H groups in total. The number of ketones is 1. The van der Waals surface area contributed by atoms with Crippen molar-refractivity contribution in [1.29, 1.82) is 0 Å². The molecule has 3 aliphatic carbocycles. The quantitative estimate of drug-likeness (QED) is 0.197. The molecule has 4 heterocycles. The Morgan fingerprint density at radius 3 is 2.50 bits per heavy atom. The molecular formula is C49H68N4O10S. The third kappa shape index (κ3) is 9.87. The molecule has 1 aromatic carbocycles. The molecule has 3 saturated carbocycles. The van der Waals surface area contributed by atoms with Crippen LogP contribution in [0.2, 0.25) is 0 Å². The monoisotopic (exact) mass is 904 g/mol. The predicted octanol–water partition coefficient (Wildman–Crippen LogP) is 6.32. The number of hydrogen-bond acceptors (Lipinski definition) is 12. The lowest BCUT2D eigenvalue weighted by atomic mass is 9.77. The first-order valence-corrected chi connectivity index (χ1v) is 25.2. The Morgan fingerprint density at radius 1 is 1.03 bits per heavy atom. The molecule has 2 bridgehead atoms. The van der Waals surface area contributed by atoms with E-state index < -0.39 is 61.5 Å². The maximum Gasteiger partial charge on any atom is 0.306 e. The van der Waals surface area contributed by atoms with Crippen molar-refractivity contribution in [3.8, 4) is 11.6 Å². The van der Waals surface area contributed by atoms with E-state index in [0.29, 0.717) is 50.5 Å². The number of morpholine rings is 1. The number of Topliss-reactive ketones (excluding diaryl/α,β-unsaturated/α-hetero) is 1. The van der Waals surface area contributed by atoms with Gasteiger partial charge in [0.2, 0.25) is 27.7 Å². The molecule has 350 valence electrons. The van der Waals surface area contributed by atoms with Crippen LogP contribution in [-0.4, -0.2) is 116 Å².